The van der Waals surface area contributed by atoms with Gasteiger partial charge in [0.2, 0.25) is 5.89 Å². The van der Waals surface area contributed by atoms with E-state index in [9.17, 15) is 0 Å². The van der Waals surface area contributed by atoms with Gasteiger partial charge >= 0.3 is 0 Å². The summed E-state index contributed by atoms with van der Waals surface area (Å²) in [4.78, 5) is 20.3. The fourth-order valence-corrected chi connectivity index (χ4v) is 6.72. The lowest BCUT2D eigenvalue weighted by atomic mass is 10.00. The highest BCUT2D eigenvalue weighted by Crippen LogP contribution is 2.42. The van der Waals surface area contributed by atoms with Crippen LogP contribution in [-0.2, 0) is 0 Å². The maximum absolute atomic E-state index is 6.61. The Morgan fingerprint density at radius 1 is 0.380 bits per heavy atom. The Morgan fingerprint density at radius 2 is 0.960 bits per heavy atom. The zero-order valence-electron chi connectivity index (χ0n) is 26.6. The van der Waals surface area contributed by atoms with E-state index in [4.69, 9.17) is 28.8 Å². The molecule has 0 spiro atoms. The third kappa shape index (κ3) is 4.73. The number of nitrogens with zero attached hydrogens (tertiary/aromatic N) is 4. The normalized spacial score (nSPS) is 11.6. The van der Waals surface area contributed by atoms with E-state index in [0.29, 0.717) is 45.6 Å². The molecule has 0 aliphatic heterocycles. The van der Waals surface area contributed by atoms with Gasteiger partial charge < -0.3 is 8.83 Å². The minimum absolute atomic E-state index is 0.478. The van der Waals surface area contributed by atoms with Crippen LogP contribution < -0.4 is 0 Å². The first-order valence-electron chi connectivity index (χ1n) is 16.5. The van der Waals surface area contributed by atoms with Gasteiger partial charge in [0.25, 0.3) is 0 Å². The Balaban J connectivity index is 1.22. The molecule has 10 rings (SSSR count). The molecule has 0 fully saturated rings. The lowest BCUT2D eigenvalue weighted by Crippen LogP contribution is -2.01. The van der Waals surface area contributed by atoms with Crippen molar-refractivity contribution in [1.29, 1.82) is 0 Å². The summed E-state index contributed by atoms with van der Waals surface area (Å²) in [6.45, 7) is 0. The predicted octanol–water partition coefficient (Wildman–Crippen LogP) is 11.4. The molecule has 0 radical (unpaired) electrons. The minimum Gasteiger partial charge on any atom is -0.456 e. The van der Waals surface area contributed by atoms with E-state index >= 15 is 0 Å². The Labute approximate surface area is 286 Å². The standard InChI is InChI=1S/C44H26N4O2/c1-4-12-27(13-5-1)30-20-21-32-25-33(23-22-31(32)24-30)42-46-41(28-14-6-2-7-15-28)47-43(48-42)39-38-34-18-10-11-19-36(34)49-37(38)26-35-40(39)50-44(45-35)29-16-8-3-9-17-29/h1-26H. The first-order chi connectivity index (χ1) is 24.7. The van der Waals surface area contributed by atoms with Gasteiger partial charge in [0.1, 0.15) is 16.7 Å². The molecule has 0 atom stereocenters. The van der Waals surface area contributed by atoms with Crippen molar-refractivity contribution in [3.63, 3.8) is 0 Å². The molecule has 3 aromatic heterocycles. The van der Waals surface area contributed by atoms with Gasteiger partial charge in [0, 0.05) is 33.5 Å². The molecular formula is C44H26N4O2. The van der Waals surface area contributed by atoms with Crippen molar-refractivity contribution < 1.29 is 8.83 Å². The molecule has 6 heteroatoms. The summed E-state index contributed by atoms with van der Waals surface area (Å²) in [6.07, 6.45) is 0. The fourth-order valence-electron chi connectivity index (χ4n) is 6.72. The lowest BCUT2D eigenvalue weighted by molar-refractivity contribution is 0.620. The first kappa shape index (κ1) is 28.1. The van der Waals surface area contributed by atoms with Crippen LogP contribution in [0.2, 0.25) is 0 Å². The van der Waals surface area contributed by atoms with Crippen LogP contribution in [-0.4, -0.2) is 19.9 Å². The number of benzene rings is 7. The highest BCUT2D eigenvalue weighted by atomic mass is 16.4. The van der Waals surface area contributed by atoms with Gasteiger partial charge in [-0.3, -0.25) is 0 Å². The molecule has 7 aromatic carbocycles. The second kappa shape index (κ2) is 11.4. The number of hydrogen-bond acceptors (Lipinski definition) is 6. The molecule has 0 N–H and O–H groups in total. The molecule has 0 unspecified atom stereocenters. The SMILES string of the molecule is c1ccc(-c2ccc3cc(-c4nc(-c5ccccc5)nc(-c5c6oc(-c7ccccc7)nc6cc6oc7ccccc7c56)n4)ccc3c2)cc1. The van der Waals surface area contributed by atoms with Crippen LogP contribution in [0.3, 0.4) is 0 Å². The average molecular weight is 643 g/mol. The van der Waals surface area contributed by atoms with E-state index in [1.54, 1.807) is 0 Å². The molecule has 3 heterocycles. The zero-order valence-corrected chi connectivity index (χ0v) is 26.6. The Morgan fingerprint density at radius 3 is 1.70 bits per heavy atom. The number of rotatable bonds is 5. The molecule has 0 saturated heterocycles. The Kier molecular flexibility index (Phi) is 6.39. The van der Waals surface area contributed by atoms with Crippen molar-refractivity contribution >= 4 is 43.8 Å². The summed E-state index contributed by atoms with van der Waals surface area (Å²) in [5.74, 6) is 2.11. The number of fused-ring (bicyclic) bond motifs is 5. The van der Waals surface area contributed by atoms with Crippen molar-refractivity contribution in [3.8, 4) is 56.7 Å². The van der Waals surface area contributed by atoms with Gasteiger partial charge in [-0.05, 0) is 52.2 Å². The summed E-state index contributed by atoms with van der Waals surface area (Å²) in [6, 6.07) is 53.1. The van der Waals surface area contributed by atoms with E-state index in [0.717, 1.165) is 43.8 Å². The van der Waals surface area contributed by atoms with Gasteiger partial charge in [-0.25, -0.2) is 19.9 Å². The zero-order chi connectivity index (χ0) is 33.0. The largest absolute Gasteiger partial charge is 0.456 e. The van der Waals surface area contributed by atoms with Gasteiger partial charge in [-0.15, -0.1) is 0 Å². The number of para-hydroxylation sites is 1. The van der Waals surface area contributed by atoms with E-state index < -0.39 is 0 Å². The van der Waals surface area contributed by atoms with Crippen LogP contribution in [0.1, 0.15) is 0 Å². The highest BCUT2D eigenvalue weighted by molar-refractivity contribution is 6.18. The Bertz CT molecular complexity index is 2860. The van der Waals surface area contributed by atoms with Gasteiger partial charge in [0.05, 0.1) is 5.56 Å². The molecular weight excluding hydrogens is 617 g/mol. The summed E-state index contributed by atoms with van der Waals surface area (Å²) in [5.41, 5.74) is 8.41. The van der Waals surface area contributed by atoms with E-state index in [2.05, 4.69) is 66.7 Å². The molecule has 0 aliphatic rings. The predicted molar refractivity (Wildman–Crippen MR) is 199 cm³/mol. The van der Waals surface area contributed by atoms with Crippen LogP contribution in [0.4, 0.5) is 0 Å². The summed E-state index contributed by atoms with van der Waals surface area (Å²) in [5, 5.41) is 4.05. The number of oxazole rings is 1. The smallest absolute Gasteiger partial charge is 0.227 e. The summed E-state index contributed by atoms with van der Waals surface area (Å²) >= 11 is 0. The molecule has 50 heavy (non-hydrogen) atoms. The van der Waals surface area contributed by atoms with Crippen LogP contribution in [0.25, 0.3) is 101 Å². The molecule has 10 aromatic rings. The van der Waals surface area contributed by atoms with Crippen LogP contribution in [0.5, 0.6) is 0 Å². The second-order valence-corrected chi connectivity index (χ2v) is 12.3. The molecule has 0 saturated carbocycles. The van der Waals surface area contributed by atoms with Crippen molar-refractivity contribution in [2.24, 2.45) is 0 Å². The molecule has 0 amide bonds. The monoisotopic (exact) mass is 642 g/mol. The molecule has 0 bridgehead atoms. The first-order valence-corrected chi connectivity index (χ1v) is 16.5. The van der Waals surface area contributed by atoms with Crippen LogP contribution in [0, 0.1) is 0 Å². The molecule has 0 aliphatic carbocycles. The van der Waals surface area contributed by atoms with Gasteiger partial charge in [-0.1, -0.05) is 121 Å². The van der Waals surface area contributed by atoms with E-state index in [-0.39, 0.29) is 0 Å². The maximum atomic E-state index is 6.61. The fraction of sp³-hybridized carbons (Fsp3) is 0. The topological polar surface area (TPSA) is 77.8 Å². The lowest BCUT2D eigenvalue weighted by Gasteiger charge is -2.10. The van der Waals surface area contributed by atoms with E-state index in [1.807, 2.05) is 91.0 Å². The number of aromatic nitrogens is 4. The minimum atomic E-state index is 0.478. The van der Waals surface area contributed by atoms with Crippen molar-refractivity contribution in [2.45, 2.75) is 0 Å². The van der Waals surface area contributed by atoms with Gasteiger partial charge in [-0.2, -0.15) is 0 Å². The van der Waals surface area contributed by atoms with Crippen molar-refractivity contribution in [1.82, 2.24) is 19.9 Å². The third-order valence-electron chi connectivity index (χ3n) is 9.14. The average Bonchev–Trinajstić information content (AvgIpc) is 3.79. The van der Waals surface area contributed by atoms with Crippen molar-refractivity contribution in [2.75, 3.05) is 0 Å². The molecule has 6 nitrogen and oxygen atoms in total. The van der Waals surface area contributed by atoms with Crippen LogP contribution >= 0.6 is 0 Å². The van der Waals surface area contributed by atoms with Crippen molar-refractivity contribution in [3.05, 3.63) is 158 Å². The second-order valence-electron chi connectivity index (χ2n) is 12.3. The summed E-state index contributed by atoms with van der Waals surface area (Å²) < 4.78 is 13.0. The van der Waals surface area contributed by atoms with E-state index in [1.165, 1.54) is 11.1 Å². The highest BCUT2D eigenvalue weighted by Gasteiger charge is 2.24. The maximum Gasteiger partial charge on any atom is 0.227 e. The quantitative estimate of drug-likeness (QED) is 0.186. The Hall–Kier alpha value is -6.92. The number of hydrogen-bond donors (Lipinski definition) is 0. The van der Waals surface area contributed by atoms with Gasteiger partial charge in [0.15, 0.2) is 23.1 Å². The number of furan rings is 1. The third-order valence-corrected chi connectivity index (χ3v) is 9.14. The van der Waals surface area contributed by atoms with Crippen LogP contribution in [0.15, 0.2) is 167 Å². The summed E-state index contributed by atoms with van der Waals surface area (Å²) in [7, 11) is 0. The molecule has 234 valence electrons.